The van der Waals surface area contributed by atoms with Gasteiger partial charge in [-0.3, -0.25) is 4.79 Å². The molecular formula is C14H22N2OS. The van der Waals surface area contributed by atoms with E-state index >= 15 is 0 Å². The minimum absolute atomic E-state index is 0.00328. The third kappa shape index (κ3) is 2.83. The van der Waals surface area contributed by atoms with Crippen LogP contribution in [-0.4, -0.2) is 23.5 Å². The number of thioether (sulfide) groups is 1. The van der Waals surface area contributed by atoms with E-state index in [-0.39, 0.29) is 5.91 Å². The number of nitriles is 1. The third-order valence-electron chi connectivity index (χ3n) is 4.41. The van der Waals surface area contributed by atoms with E-state index in [4.69, 9.17) is 0 Å². The fourth-order valence-electron chi connectivity index (χ4n) is 3.15. The lowest BCUT2D eigenvalue weighted by Gasteiger charge is -2.30. The second-order valence-electron chi connectivity index (χ2n) is 5.60. The van der Waals surface area contributed by atoms with Gasteiger partial charge in [-0.05, 0) is 38.4 Å². The molecule has 0 heterocycles. The highest BCUT2D eigenvalue weighted by Crippen LogP contribution is 2.37. The predicted molar refractivity (Wildman–Crippen MR) is 74.2 cm³/mol. The molecule has 18 heavy (non-hydrogen) atoms. The minimum atomic E-state index is -0.726. The first kappa shape index (κ1) is 13.7. The van der Waals surface area contributed by atoms with Gasteiger partial charge >= 0.3 is 0 Å². The van der Waals surface area contributed by atoms with Crippen molar-refractivity contribution < 1.29 is 4.79 Å². The Bertz CT molecular complexity index is 344. The van der Waals surface area contributed by atoms with Gasteiger partial charge in [-0.2, -0.15) is 17.0 Å². The van der Waals surface area contributed by atoms with Crippen molar-refractivity contribution >= 4 is 17.7 Å². The van der Waals surface area contributed by atoms with Gasteiger partial charge in [0.05, 0.1) is 6.07 Å². The van der Waals surface area contributed by atoms with E-state index in [9.17, 15) is 10.1 Å². The Kier molecular flexibility index (Phi) is 4.55. The molecule has 1 amide bonds. The molecule has 100 valence electrons. The second-order valence-corrected chi connectivity index (χ2v) is 6.73. The van der Waals surface area contributed by atoms with E-state index in [1.165, 1.54) is 6.42 Å². The summed E-state index contributed by atoms with van der Waals surface area (Å²) in [6.07, 6.45) is 10.1. The molecule has 2 fully saturated rings. The van der Waals surface area contributed by atoms with Crippen LogP contribution in [0.4, 0.5) is 0 Å². The average molecular weight is 266 g/mol. The van der Waals surface area contributed by atoms with Crippen molar-refractivity contribution in [3.05, 3.63) is 0 Å². The van der Waals surface area contributed by atoms with Crippen molar-refractivity contribution in [2.75, 3.05) is 6.26 Å². The molecule has 0 saturated heterocycles. The van der Waals surface area contributed by atoms with Crippen LogP contribution in [0.15, 0.2) is 0 Å². The van der Waals surface area contributed by atoms with Gasteiger partial charge in [-0.15, -0.1) is 0 Å². The maximum atomic E-state index is 12.4. The molecule has 0 radical (unpaired) electrons. The number of nitrogens with one attached hydrogen (secondary N) is 1. The molecule has 0 aliphatic heterocycles. The number of nitrogens with zero attached hydrogens (tertiary/aromatic N) is 1. The zero-order valence-corrected chi connectivity index (χ0v) is 11.9. The van der Waals surface area contributed by atoms with Crippen molar-refractivity contribution in [1.29, 1.82) is 5.26 Å². The van der Waals surface area contributed by atoms with Gasteiger partial charge in [-0.25, -0.2) is 0 Å². The molecule has 4 heteroatoms. The SMILES string of the molecule is CSC1CCC(NC(=O)C2(C#N)CCCCC2)C1. The first-order valence-electron chi connectivity index (χ1n) is 6.95. The number of amides is 1. The van der Waals surface area contributed by atoms with Crippen molar-refractivity contribution in [3.8, 4) is 6.07 Å². The molecular weight excluding hydrogens is 244 g/mol. The van der Waals surface area contributed by atoms with Gasteiger partial charge in [0.25, 0.3) is 0 Å². The summed E-state index contributed by atoms with van der Waals surface area (Å²) in [7, 11) is 0. The molecule has 2 aliphatic carbocycles. The van der Waals surface area contributed by atoms with E-state index in [1.807, 2.05) is 11.8 Å². The summed E-state index contributed by atoms with van der Waals surface area (Å²) in [6.45, 7) is 0. The molecule has 2 rings (SSSR count). The van der Waals surface area contributed by atoms with Crippen LogP contribution in [0, 0.1) is 16.7 Å². The molecule has 0 bridgehead atoms. The Labute approximate surface area is 114 Å². The Morgan fingerprint density at radius 1 is 1.33 bits per heavy atom. The molecule has 2 unspecified atom stereocenters. The fourth-order valence-corrected chi connectivity index (χ4v) is 3.95. The maximum Gasteiger partial charge on any atom is 0.240 e. The zero-order chi connectivity index (χ0) is 13.0. The van der Waals surface area contributed by atoms with Crippen molar-refractivity contribution in [3.63, 3.8) is 0 Å². The Balaban J connectivity index is 1.92. The third-order valence-corrected chi connectivity index (χ3v) is 5.50. The van der Waals surface area contributed by atoms with E-state index in [1.54, 1.807) is 0 Å². The minimum Gasteiger partial charge on any atom is -0.352 e. The monoisotopic (exact) mass is 266 g/mol. The summed E-state index contributed by atoms with van der Waals surface area (Å²) in [6, 6.07) is 2.59. The quantitative estimate of drug-likeness (QED) is 0.854. The molecule has 2 aliphatic rings. The lowest BCUT2D eigenvalue weighted by Crippen LogP contribution is -2.45. The molecule has 1 N–H and O–H groups in total. The highest BCUT2D eigenvalue weighted by atomic mass is 32.2. The van der Waals surface area contributed by atoms with Gasteiger partial charge in [0, 0.05) is 11.3 Å². The summed E-state index contributed by atoms with van der Waals surface area (Å²) in [5.74, 6) is -0.00328. The van der Waals surface area contributed by atoms with Crippen LogP contribution in [-0.2, 0) is 4.79 Å². The molecule has 0 aromatic rings. The van der Waals surface area contributed by atoms with E-state index in [0.717, 1.165) is 44.9 Å². The second kappa shape index (κ2) is 5.97. The van der Waals surface area contributed by atoms with Crippen LogP contribution in [0.5, 0.6) is 0 Å². The summed E-state index contributed by atoms with van der Waals surface area (Å²) in [4.78, 5) is 12.4. The first-order valence-corrected chi connectivity index (χ1v) is 8.24. The number of hydrogen-bond acceptors (Lipinski definition) is 3. The smallest absolute Gasteiger partial charge is 0.240 e. The maximum absolute atomic E-state index is 12.4. The van der Waals surface area contributed by atoms with Gasteiger partial charge in [0.2, 0.25) is 5.91 Å². The fraction of sp³-hybridized carbons (Fsp3) is 0.857. The average Bonchev–Trinajstić information content (AvgIpc) is 2.87. The summed E-state index contributed by atoms with van der Waals surface area (Å²) in [5.41, 5.74) is -0.726. The van der Waals surface area contributed by atoms with Crippen LogP contribution in [0.1, 0.15) is 51.4 Å². The predicted octanol–water partition coefficient (Wildman–Crippen LogP) is 2.86. The number of carbonyl (C=O) groups is 1. The molecule has 0 aromatic heterocycles. The van der Waals surface area contributed by atoms with Gasteiger partial charge in [0.15, 0.2) is 0 Å². The van der Waals surface area contributed by atoms with Crippen LogP contribution < -0.4 is 5.32 Å². The number of carbonyl (C=O) groups excluding carboxylic acids is 1. The van der Waals surface area contributed by atoms with Gasteiger partial charge in [-0.1, -0.05) is 19.3 Å². The van der Waals surface area contributed by atoms with E-state index in [0.29, 0.717) is 11.3 Å². The van der Waals surface area contributed by atoms with Crippen LogP contribution in [0.3, 0.4) is 0 Å². The lowest BCUT2D eigenvalue weighted by molar-refractivity contribution is -0.130. The summed E-state index contributed by atoms with van der Waals surface area (Å²) < 4.78 is 0. The first-order chi connectivity index (χ1) is 8.70. The van der Waals surface area contributed by atoms with Crippen molar-refractivity contribution in [2.24, 2.45) is 5.41 Å². The number of hydrogen-bond donors (Lipinski definition) is 1. The molecule has 2 atom stereocenters. The largest absolute Gasteiger partial charge is 0.352 e. The number of rotatable bonds is 3. The molecule has 0 spiro atoms. The normalized spacial score (nSPS) is 30.7. The van der Waals surface area contributed by atoms with Gasteiger partial charge in [0.1, 0.15) is 5.41 Å². The molecule has 3 nitrogen and oxygen atoms in total. The highest BCUT2D eigenvalue weighted by molar-refractivity contribution is 7.99. The highest BCUT2D eigenvalue weighted by Gasteiger charge is 2.41. The Hall–Kier alpha value is -0.690. The molecule has 0 aromatic carbocycles. The summed E-state index contributed by atoms with van der Waals surface area (Å²) >= 11 is 1.89. The van der Waals surface area contributed by atoms with Crippen LogP contribution in [0.2, 0.25) is 0 Å². The van der Waals surface area contributed by atoms with Crippen LogP contribution in [0.25, 0.3) is 0 Å². The molecule has 2 saturated carbocycles. The van der Waals surface area contributed by atoms with Crippen LogP contribution >= 0.6 is 11.8 Å². The summed E-state index contributed by atoms with van der Waals surface area (Å²) in [5, 5.41) is 13.2. The van der Waals surface area contributed by atoms with Crippen molar-refractivity contribution in [2.45, 2.75) is 62.7 Å². The topological polar surface area (TPSA) is 52.9 Å². The van der Waals surface area contributed by atoms with Gasteiger partial charge < -0.3 is 5.32 Å². The zero-order valence-electron chi connectivity index (χ0n) is 11.1. The Morgan fingerprint density at radius 2 is 2.06 bits per heavy atom. The lowest BCUT2D eigenvalue weighted by atomic mass is 9.74. The van der Waals surface area contributed by atoms with E-state index in [2.05, 4.69) is 17.6 Å². The Morgan fingerprint density at radius 3 is 2.61 bits per heavy atom. The van der Waals surface area contributed by atoms with E-state index < -0.39 is 5.41 Å². The standard InChI is InChI=1S/C14H22N2OS/c1-18-12-6-5-11(9-12)16-13(17)14(10-15)7-3-2-4-8-14/h11-12H,2-9H2,1H3,(H,16,17). The van der Waals surface area contributed by atoms with Crippen molar-refractivity contribution in [1.82, 2.24) is 5.32 Å².